The summed E-state index contributed by atoms with van der Waals surface area (Å²) in [6.07, 6.45) is 2.33. The Morgan fingerprint density at radius 3 is 2.61 bits per heavy atom. The molecule has 0 atom stereocenters. The van der Waals surface area contributed by atoms with E-state index in [0.29, 0.717) is 11.5 Å². The van der Waals surface area contributed by atoms with Crippen molar-refractivity contribution in [2.24, 2.45) is 0 Å². The molecule has 0 saturated carbocycles. The van der Waals surface area contributed by atoms with E-state index in [4.69, 9.17) is 0 Å². The molecular weight excluding hydrogens is 224 g/mol. The number of rotatable bonds is 2. The summed E-state index contributed by atoms with van der Waals surface area (Å²) < 4.78 is 0. The third-order valence-electron chi connectivity index (χ3n) is 2.81. The normalized spacial score (nSPS) is 10.4. The molecule has 0 aliphatic heterocycles. The zero-order chi connectivity index (χ0) is 12.4. The van der Waals surface area contributed by atoms with Gasteiger partial charge in [-0.1, -0.05) is 36.4 Å². The van der Waals surface area contributed by atoms with Gasteiger partial charge in [-0.2, -0.15) is 0 Å². The number of carbonyl (C=O) groups is 1. The summed E-state index contributed by atoms with van der Waals surface area (Å²) in [4.78, 5) is 19.1. The molecule has 3 heteroatoms. The van der Waals surface area contributed by atoms with Gasteiger partial charge in [-0.15, -0.1) is 0 Å². The van der Waals surface area contributed by atoms with E-state index in [1.807, 2.05) is 36.4 Å². The van der Waals surface area contributed by atoms with Gasteiger partial charge in [0.1, 0.15) is 5.69 Å². The summed E-state index contributed by atoms with van der Waals surface area (Å²) in [5.74, 6) is 0.574. The largest absolute Gasteiger partial charge is 0.296 e. The highest BCUT2D eigenvalue weighted by atomic mass is 16.1. The zero-order valence-corrected chi connectivity index (χ0v) is 9.58. The number of nitrogens with zero attached hydrogens (tertiary/aromatic N) is 2. The predicted molar refractivity (Wildman–Crippen MR) is 70.4 cm³/mol. The van der Waals surface area contributed by atoms with E-state index in [1.165, 1.54) is 5.39 Å². The van der Waals surface area contributed by atoms with Crippen LogP contribution >= 0.6 is 0 Å². The van der Waals surface area contributed by atoms with Crippen molar-refractivity contribution in [3.8, 4) is 11.4 Å². The molecule has 1 heterocycles. The Morgan fingerprint density at radius 1 is 0.944 bits per heavy atom. The molecule has 1 aromatic heterocycles. The lowest BCUT2D eigenvalue weighted by atomic mass is 10.1. The van der Waals surface area contributed by atoms with Crippen molar-refractivity contribution >= 4 is 17.1 Å². The van der Waals surface area contributed by atoms with Crippen molar-refractivity contribution in [3.05, 3.63) is 60.4 Å². The molecule has 3 rings (SSSR count). The first-order valence-electron chi connectivity index (χ1n) is 5.64. The van der Waals surface area contributed by atoms with Gasteiger partial charge in [-0.25, -0.2) is 9.97 Å². The van der Waals surface area contributed by atoms with E-state index in [0.717, 1.165) is 17.2 Å². The second-order valence-electron chi connectivity index (χ2n) is 3.98. The Balaban J connectivity index is 2.15. The number of aldehydes is 1. The Hall–Kier alpha value is -2.55. The molecule has 0 aliphatic rings. The monoisotopic (exact) mass is 234 g/mol. The molecule has 0 spiro atoms. The molecule has 0 N–H and O–H groups in total. The van der Waals surface area contributed by atoms with Gasteiger partial charge in [0.15, 0.2) is 12.1 Å². The first kappa shape index (κ1) is 10.6. The van der Waals surface area contributed by atoms with Crippen LogP contribution in [0.1, 0.15) is 10.5 Å². The highest BCUT2D eigenvalue weighted by Crippen LogP contribution is 2.21. The number of benzene rings is 2. The summed E-state index contributed by atoms with van der Waals surface area (Å²) in [7, 11) is 0. The summed E-state index contributed by atoms with van der Waals surface area (Å²) in [6.45, 7) is 0. The van der Waals surface area contributed by atoms with E-state index in [9.17, 15) is 4.79 Å². The quantitative estimate of drug-likeness (QED) is 0.640. The minimum absolute atomic E-state index is 0.396. The van der Waals surface area contributed by atoms with Crippen molar-refractivity contribution in [2.75, 3.05) is 0 Å². The lowest BCUT2D eigenvalue weighted by molar-refractivity contribution is 0.111. The van der Waals surface area contributed by atoms with Crippen molar-refractivity contribution in [1.29, 1.82) is 0 Å². The average molecular weight is 234 g/mol. The summed E-state index contributed by atoms with van der Waals surface area (Å²) in [6, 6.07) is 15.7. The molecule has 0 radical (unpaired) electrons. The van der Waals surface area contributed by atoms with E-state index in [2.05, 4.69) is 16.0 Å². The topological polar surface area (TPSA) is 42.9 Å². The number of aromatic nitrogens is 2. The highest BCUT2D eigenvalue weighted by Gasteiger charge is 2.03. The van der Waals surface area contributed by atoms with Crippen LogP contribution in [0.25, 0.3) is 22.2 Å². The minimum atomic E-state index is 0.396. The summed E-state index contributed by atoms with van der Waals surface area (Å²) in [5.41, 5.74) is 1.31. The van der Waals surface area contributed by atoms with Crippen LogP contribution in [0.15, 0.2) is 54.7 Å². The molecule has 0 amide bonds. The van der Waals surface area contributed by atoms with Crippen LogP contribution in [-0.4, -0.2) is 16.3 Å². The van der Waals surface area contributed by atoms with E-state index < -0.39 is 0 Å². The molecule has 0 bridgehead atoms. The summed E-state index contributed by atoms with van der Waals surface area (Å²) >= 11 is 0. The molecular formula is C15H10N2O. The maximum atomic E-state index is 10.7. The van der Waals surface area contributed by atoms with Gasteiger partial charge in [-0.05, 0) is 22.9 Å². The Bertz CT molecular complexity index is 722. The van der Waals surface area contributed by atoms with Crippen LogP contribution in [0.2, 0.25) is 0 Å². The lowest BCUT2D eigenvalue weighted by Crippen LogP contribution is -1.93. The molecule has 2 aromatic carbocycles. The standard InChI is InChI=1S/C15H10N2O/c18-10-14-7-8-16-15(17-14)13-6-5-11-3-1-2-4-12(11)9-13/h1-10H. The second-order valence-corrected chi connectivity index (χ2v) is 3.98. The van der Waals surface area contributed by atoms with Crippen molar-refractivity contribution in [2.45, 2.75) is 0 Å². The summed E-state index contributed by atoms with van der Waals surface area (Å²) in [5, 5.41) is 2.31. The highest BCUT2D eigenvalue weighted by molar-refractivity contribution is 5.86. The van der Waals surface area contributed by atoms with Gasteiger partial charge < -0.3 is 0 Å². The third kappa shape index (κ3) is 1.86. The average Bonchev–Trinajstić information content (AvgIpc) is 2.47. The van der Waals surface area contributed by atoms with Crippen LogP contribution < -0.4 is 0 Å². The minimum Gasteiger partial charge on any atom is -0.296 e. The number of hydrogen-bond donors (Lipinski definition) is 0. The molecule has 86 valence electrons. The van der Waals surface area contributed by atoms with E-state index >= 15 is 0 Å². The predicted octanol–water partition coefficient (Wildman–Crippen LogP) is 3.11. The fourth-order valence-electron chi connectivity index (χ4n) is 1.91. The second kappa shape index (κ2) is 4.37. The molecule has 3 aromatic rings. The molecule has 0 fully saturated rings. The van der Waals surface area contributed by atoms with Crippen molar-refractivity contribution < 1.29 is 4.79 Å². The number of hydrogen-bond acceptors (Lipinski definition) is 3. The number of carbonyl (C=O) groups excluding carboxylic acids is 1. The zero-order valence-electron chi connectivity index (χ0n) is 9.58. The Labute approximate surface area is 104 Å². The van der Waals surface area contributed by atoms with Crippen LogP contribution in [0, 0.1) is 0 Å². The molecule has 0 saturated heterocycles. The van der Waals surface area contributed by atoms with Crippen LogP contribution in [0.4, 0.5) is 0 Å². The third-order valence-corrected chi connectivity index (χ3v) is 2.81. The fourth-order valence-corrected chi connectivity index (χ4v) is 1.91. The maximum Gasteiger partial charge on any atom is 0.168 e. The van der Waals surface area contributed by atoms with E-state index in [-0.39, 0.29) is 0 Å². The molecule has 0 unspecified atom stereocenters. The maximum absolute atomic E-state index is 10.7. The Kier molecular flexibility index (Phi) is 2.57. The molecule has 18 heavy (non-hydrogen) atoms. The van der Waals surface area contributed by atoms with Crippen LogP contribution in [0.5, 0.6) is 0 Å². The van der Waals surface area contributed by atoms with Crippen molar-refractivity contribution in [3.63, 3.8) is 0 Å². The van der Waals surface area contributed by atoms with E-state index in [1.54, 1.807) is 12.3 Å². The van der Waals surface area contributed by atoms with Gasteiger partial charge in [-0.3, -0.25) is 4.79 Å². The fraction of sp³-hybridized carbons (Fsp3) is 0. The Morgan fingerprint density at radius 2 is 1.78 bits per heavy atom. The van der Waals surface area contributed by atoms with Crippen molar-refractivity contribution in [1.82, 2.24) is 9.97 Å². The molecule has 0 aliphatic carbocycles. The van der Waals surface area contributed by atoms with Gasteiger partial charge >= 0.3 is 0 Å². The lowest BCUT2D eigenvalue weighted by Gasteiger charge is -2.02. The van der Waals surface area contributed by atoms with Gasteiger partial charge in [0.05, 0.1) is 0 Å². The first-order chi connectivity index (χ1) is 8.86. The van der Waals surface area contributed by atoms with Crippen LogP contribution in [-0.2, 0) is 0 Å². The first-order valence-corrected chi connectivity index (χ1v) is 5.64. The number of fused-ring (bicyclic) bond motifs is 1. The molecule has 3 nitrogen and oxygen atoms in total. The van der Waals surface area contributed by atoms with Gasteiger partial charge in [0.2, 0.25) is 0 Å². The van der Waals surface area contributed by atoms with Crippen LogP contribution in [0.3, 0.4) is 0 Å². The van der Waals surface area contributed by atoms with Gasteiger partial charge in [0, 0.05) is 11.8 Å². The smallest absolute Gasteiger partial charge is 0.168 e. The van der Waals surface area contributed by atoms with Gasteiger partial charge in [0.25, 0.3) is 0 Å². The SMILES string of the molecule is O=Cc1ccnc(-c2ccc3ccccc3c2)n1.